The van der Waals surface area contributed by atoms with Crippen LogP contribution in [-0.2, 0) is 27.8 Å². The smallest absolute Gasteiger partial charge is 0.242 e. The summed E-state index contributed by atoms with van der Waals surface area (Å²) in [6, 6.07) is 1.71. The van der Waals surface area contributed by atoms with E-state index in [0.717, 1.165) is 18.7 Å². The Morgan fingerprint density at radius 1 is 1.42 bits per heavy atom. The molecule has 0 saturated carbocycles. The Bertz CT molecular complexity index is 459. The molecule has 0 saturated heterocycles. The van der Waals surface area contributed by atoms with Crippen molar-refractivity contribution in [3.8, 4) is 0 Å². The van der Waals surface area contributed by atoms with Crippen molar-refractivity contribution in [2.75, 3.05) is 27.3 Å². The fraction of sp³-hybridized carbons (Fsp3) is 0.667. The summed E-state index contributed by atoms with van der Waals surface area (Å²) in [7, 11) is -0.0691. The van der Waals surface area contributed by atoms with E-state index in [4.69, 9.17) is 4.74 Å². The van der Waals surface area contributed by atoms with Gasteiger partial charge in [0.25, 0.3) is 0 Å². The van der Waals surface area contributed by atoms with Crippen molar-refractivity contribution in [2.45, 2.75) is 31.3 Å². The number of methoxy groups -OCH3 is 1. The van der Waals surface area contributed by atoms with E-state index in [9.17, 15) is 8.42 Å². The van der Waals surface area contributed by atoms with E-state index in [-0.39, 0.29) is 6.54 Å². The largest absolute Gasteiger partial charge is 0.383 e. The molecule has 1 rings (SSSR count). The van der Waals surface area contributed by atoms with Gasteiger partial charge in [-0.3, -0.25) is 0 Å². The van der Waals surface area contributed by atoms with Crippen molar-refractivity contribution in [3.05, 3.63) is 18.0 Å². The summed E-state index contributed by atoms with van der Waals surface area (Å²) >= 11 is 0. The van der Waals surface area contributed by atoms with Crippen molar-refractivity contribution in [3.63, 3.8) is 0 Å². The lowest BCUT2D eigenvalue weighted by molar-refractivity contribution is 0.204. The fourth-order valence-corrected chi connectivity index (χ4v) is 2.89. The van der Waals surface area contributed by atoms with Gasteiger partial charge in [0.2, 0.25) is 10.0 Å². The third-order valence-corrected chi connectivity index (χ3v) is 4.12. The van der Waals surface area contributed by atoms with E-state index in [2.05, 4.69) is 17.0 Å². The average Bonchev–Trinajstić information content (AvgIpc) is 2.75. The monoisotopic (exact) mass is 289 g/mol. The highest BCUT2D eigenvalue weighted by Crippen LogP contribution is 2.15. The summed E-state index contributed by atoms with van der Waals surface area (Å²) in [6.07, 6.45) is 2.65. The molecule has 110 valence electrons. The number of aryl methyl sites for hydroxylation is 1. The molecular weight excluding hydrogens is 266 g/mol. The molecule has 1 aromatic rings. The summed E-state index contributed by atoms with van der Waals surface area (Å²) in [6.45, 7) is 4.16. The number of rotatable bonds is 9. The predicted molar refractivity (Wildman–Crippen MR) is 74.6 cm³/mol. The van der Waals surface area contributed by atoms with Gasteiger partial charge in [-0.2, -0.15) is 0 Å². The summed E-state index contributed by atoms with van der Waals surface area (Å²) in [5.74, 6) is 0. The van der Waals surface area contributed by atoms with Gasteiger partial charge in [0.15, 0.2) is 0 Å². The van der Waals surface area contributed by atoms with Gasteiger partial charge in [0.05, 0.1) is 11.5 Å². The second kappa shape index (κ2) is 7.64. The Kier molecular flexibility index (Phi) is 6.50. The molecule has 19 heavy (non-hydrogen) atoms. The van der Waals surface area contributed by atoms with Crippen molar-refractivity contribution in [1.82, 2.24) is 14.6 Å². The first-order chi connectivity index (χ1) is 9.05. The van der Waals surface area contributed by atoms with Crippen LogP contribution in [0.5, 0.6) is 0 Å². The zero-order chi connectivity index (χ0) is 14.3. The second-order valence-electron chi connectivity index (χ2n) is 4.28. The maximum absolute atomic E-state index is 12.1. The zero-order valence-corrected chi connectivity index (χ0v) is 12.6. The lowest BCUT2D eigenvalue weighted by atomic mass is 10.4. The third-order valence-electron chi connectivity index (χ3n) is 2.69. The van der Waals surface area contributed by atoms with Crippen LogP contribution < -0.4 is 10.0 Å². The minimum Gasteiger partial charge on any atom is -0.383 e. The van der Waals surface area contributed by atoms with E-state index in [1.54, 1.807) is 12.3 Å². The molecule has 1 heterocycles. The molecule has 0 unspecified atom stereocenters. The van der Waals surface area contributed by atoms with Gasteiger partial charge in [-0.1, -0.05) is 6.92 Å². The molecule has 0 radical (unpaired) electrons. The number of sulfonamides is 1. The first-order valence-corrected chi connectivity index (χ1v) is 7.85. The molecule has 1 aromatic heterocycles. The topological polar surface area (TPSA) is 72.4 Å². The molecule has 0 spiro atoms. The quantitative estimate of drug-likeness (QED) is 0.651. The first kappa shape index (κ1) is 16.2. The number of nitrogens with zero attached hydrogens (tertiary/aromatic N) is 1. The molecule has 0 aliphatic rings. The van der Waals surface area contributed by atoms with Crippen LogP contribution in [0, 0.1) is 0 Å². The highest BCUT2D eigenvalue weighted by molar-refractivity contribution is 7.89. The third kappa shape index (κ3) is 4.61. The van der Waals surface area contributed by atoms with Gasteiger partial charge < -0.3 is 14.6 Å². The van der Waals surface area contributed by atoms with Gasteiger partial charge in [0.1, 0.15) is 0 Å². The Morgan fingerprint density at radius 3 is 2.74 bits per heavy atom. The molecule has 0 aliphatic carbocycles. The molecule has 0 bridgehead atoms. The summed E-state index contributed by atoms with van der Waals surface area (Å²) in [5.41, 5.74) is 0.969. The summed E-state index contributed by atoms with van der Waals surface area (Å²) in [4.78, 5) is 0.308. The van der Waals surface area contributed by atoms with Crippen LogP contribution >= 0.6 is 0 Å². The minimum atomic E-state index is -3.45. The highest BCUT2D eigenvalue weighted by atomic mass is 32.2. The van der Waals surface area contributed by atoms with Crippen LogP contribution in [0.15, 0.2) is 17.2 Å². The van der Waals surface area contributed by atoms with E-state index in [0.29, 0.717) is 18.0 Å². The number of aromatic nitrogens is 1. The van der Waals surface area contributed by atoms with Crippen LogP contribution in [0.3, 0.4) is 0 Å². The van der Waals surface area contributed by atoms with Crippen molar-refractivity contribution in [1.29, 1.82) is 0 Å². The lowest BCUT2D eigenvalue weighted by Gasteiger charge is -2.06. The lowest BCUT2D eigenvalue weighted by Crippen LogP contribution is -2.26. The van der Waals surface area contributed by atoms with Crippen LogP contribution in [0.1, 0.15) is 19.0 Å². The van der Waals surface area contributed by atoms with E-state index < -0.39 is 10.0 Å². The SMILES string of the molecule is CCCn1cc(S(=O)(=O)NCCOC)cc1CNC. The van der Waals surface area contributed by atoms with Crippen molar-refractivity contribution >= 4 is 10.0 Å². The number of hydrogen-bond donors (Lipinski definition) is 2. The standard InChI is InChI=1S/C12H23N3O3S/c1-4-6-15-10-12(8-11(15)9-13-2)19(16,17)14-5-7-18-3/h8,10,13-14H,4-7,9H2,1-3H3. The Balaban J connectivity index is 2.90. The molecule has 0 fully saturated rings. The molecule has 0 atom stereocenters. The summed E-state index contributed by atoms with van der Waals surface area (Å²) in [5, 5.41) is 3.04. The van der Waals surface area contributed by atoms with Crippen LogP contribution in [0.2, 0.25) is 0 Å². The van der Waals surface area contributed by atoms with E-state index in [1.807, 2.05) is 11.6 Å². The number of nitrogens with one attached hydrogen (secondary N) is 2. The molecular formula is C12H23N3O3S. The molecule has 7 heteroatoms. The van der Waals surface area contributed by atoms with E-state index in [1.165, 1.54) is 7.11 Å². The van der Waals surface area contributed by atoms with Gasteiger partial charge >= 0.3 is 0 Å². The van der Waals surface area contributed by atoms with Crippen LogP contribution in [0.4, 0.5) is 0 Å². The van der Waals surface area contributed by atoms with Crippen molar-refractivity contribution in [2.24, 2.45) is 0 Å². The molecule has 0 amide bonds. The second-order valence-corrected chi connectivity index (χ2v) is 6.05. The van der Waals surface area contributed by atoms with Crippen LogP contribution in [0.25, 0.3) is 0 Å². The maximum atomic E-state index is 12.1. The predicted octanol–water partition coefficient (Wildman–Crippen LogP) is 0.542. The fourth-order valence-electron chi connectivity index (χ4n) is 1.81. The van der Waals surface area contributed by atoms with E-state index >= 15 is 0 Å². The Morgan fingerprint density at radius 2 is 2.16 bits per heavy atom. The minimum absolute atomic E-state index is 0.277. The molecule has 0 aliphatic heterocycles. The summed E-state index contributed by atoms with van der Waals surface area (Å²) < 4.78 is 33.5. The van der Waals surface area contributed by atoms with Crippen LogP contribution in [-0.4, -0.2) is 40.3 Å². The van der Waals surface area contributed by atoms with Gasteiger partial charge in [-0.25, -0.2) is 13.1 Å². The van der Waals surface area contributed by atoms with Crippen molar-refractivity contribution < 1.29 is 13.2 Å². The zero-order valence-electron chi connectivity index (χ0n) is 11.8. The normalized spacial score (nSPS) is 11.9. The Labute approximate surface area is 115 Å². The molecule has 2 N–H and O–H groups in total. The average molecular weight is 289 g/mol. The molecule has 0 aromatic carbocycles. The number of ether oxygens (including phenoxy) is 1. The Hall–Kier alpha value is -0.890. The maximum Gasteiger partial charge on any atom is 0.242 e. The van der Waals surface area contributed by atoms with Gasteiger partial charge in [0, 0.05) is 38.6 Å². The number of hydrogen-bond acceptors (Lipinski definition) is 4. The first-order valence-electron chi connectivity index (χ1n) is 6.37. The molecule has 6 nitrogen and oxygen atoms in total. The van der Waals surface area contributed by atoms with Gasteiger partial charge in [-0.05, 0) is 19.5 Å². The van der Waals surface area contributed by atoms with Gasteiger partial charge in [-0.15, -0.1) is 0 Å². The highest BCUT2D eigenvalue weighted by Gasteiger charge is 2.17.